The van der Waals surface area contributed by atoms with Gasteiger partial charge < -0.3 is 10.0 Å². The summed E-state index contributed by atoms with van der Waals surface area (Å²) in [7, 11) is 0. The quantitative estimate of drug-likeness (QED) is 0.825. The number of hydrogen-bond donors (Lipinski definition) is 1. The second-order valence-electron chi connectivity index (χ2n) is 7.16. The number of piperidine rings is 1. The monoisotopic (exact) mass is 255 g/mol. The van der Waals surface area contributed by atoms with E-state index in [1.807, 2.05) is 34.6 Å². The summed E-state index contributed by atoms with van der Waals surface area (Å²) in [5, 5.41) is 9.40. The highest BCUT2D eigenvalue weighted by Crippen LogP contribution is 2.36. The van der Waals surface area contributed by atoms with Gasteiger partial charge in [-0.05, 0) is 23.7 Å². The molecule has 0 aromatic heterocycles. The van der Waals surface area contributed by atoms with Gasteiger partial charge in [-0.15, -0.1) is 0 Å². The number of aliphatic carboxylic acids is 1. The van der Waals surface area contributed by atoms with Crippen LogP contribution in [0.4, 0.5) is 0 Å². The fraction of sp³-hybridized carbons (Fsp3) is 0.857. The Labute approximate surface area is 109 Å². The average molecular weight is 255 g/mol. The predicted octanol–water partition coefficient (Wildman–Crippen LogP) is 2.52. The summed E-state index contributed by atoms with van der Waals surface area (Å²) in [4.78, 5) is 25.3. The minimum Gasteiger partial charge on any atom is -0.480 e. The van der Waals surface area contributed by atoms with Crippen LogP contribution in [-0.2, 0) is 9.59 Å². The first kappa shape index (κ1) is 15.0. The molecule has 4 heteroatoms. The summed E-state index contributed by atoms with van der Waals surface area (Å²) in [5.41, 5.74) is -0.459. The van der Waals surface area contributed by atoms with Crippen LogP contribution in [0.1, 0.15) is 53.9 Å². The van der Waals surface area contributed by atoms with Crippen molar-refractivity contribution in [2.45, 2.75) is 59.9 Å². The first-order valence-electron chi connectivity index (χ1n) is 6.57. The molecule has 0 saturated carbocycles. The Balaban J connectivity index is 2.91. The largest absolute Gasteiger partial charge is 0.480 e. The Morgan fingerprint density at radius 1 is 1.33 bits per heavy atom. The number of likely N-dealkylation sites (tertiary alicyclic amines) is 1. The predicted molar refractivity (Wildman–Crippen MR) is 70.2 cm³/mol. The smallest absolute Gasteiger partial charge is 0.326 e. The Morgan fingerprint density at radius 3 is 2.33 bits per heavy atom. The van der Waals surface area contributed by atoms with Crippen molar-refractivity contribution < 1.29 is 14.7 Å². The molecule has 1 aliphatic heterocycles. The molecular weight excluding hydrogens is 230 g/mol. The summed E-state index contributed by atoms with van der Waals surface area (Å²) in [5.74, 6) is -0.926. The minimum atomic E-state index is -0.887. The Kier molecular flexibility index (Phi) is 4.08. The van der Waals surface area contributed by atoms with Crippen molar-refractivity contribution in [2.75, 3.05) is 6.54 Å². The molecule has 104 valence electrons. The summed E-state index contributed by atoms with van der Waals surface area (Å²) >= 11 is 0. The number of carbonyl (C=O) groups excluding carboxylic acids is 1. The lowest BCUT2D eigenvalue weighted by molar-refractivity contribution is -0.159. The maximum absolute atomic E-state index is 12.3. The highest BCUT2D eigenvalue weighted by molar-refractivity contribution is 5.84. The lowest BCUT2D eigenvalue weighted by Gasteiger charge is -2.44. The van der Waals surface area contributed by atoms with Gasteiger partial charge in [0.2, 0.25) is 5.91 Å². The van der Waals surface area contributed by atoms with Crippen LogP contribution in [0.3, 0.4) is 0 Å². The first-order valence-corrected chi connectivity index (χ1v) is 6.57. The van der Waals surface area contributed by atoms with E-state index in [1.165, 1.54) is 0 Å². The molecule has 1 heterocycles. The molecule has 1 amide bonds. The third-order valence-electron chi connectivity index (χ3n) is 3.51. The molecule has 4 nitrogen and oxygen atoms in total. The van der Waals surface area contributed by atoms with E-state index in [9.17, 15) is 14.7 Å². The number of carbonyl (C=O) groups is 2. The van der Waals surface area contributed by atoms with Crippen LogP contribution in [0, 0.1) is 10.8 Å². The van der Waals surface area contributed by atoms with Crippen LogP contribution in [0.2, 0.25) is 0 Å². The van der Waals surface area contributed by atoms with E-state index in [2.05, 4.69) is 0 Å². The molecule has 1 aliphatic rings. The fourth-order valence-corrected chi connectivity index (χ4v) is 2.68. The zero-order chi connectivity index (χ0) is 14.1. The standard InChI is InChI=1S/C14H25NO3/c1-13(2,3)9-10(16)15-8-6-7-14(4,5)11(15)12(17)18/h11H,6-9H2,1-5H3,(H,17,18). The molecule has 18 heavy (non-hydrogen) atoms. The van der Waals surface area contributed by atoms with Crippen LogP contribution in [0.5, 0.6) is 0 Å². The molecule has 0 aliphatic carbocycles. The second-order valence-corrected chi connectivity index (χ2v) is 7.16. The Morgan fingerprint density at radius 2 is 1.89 bits per heavy atom. The van der Waals surface area contributed by atoms with Gasteiger partial charge in [0.15, 0.2) is 0 Å². The molecule has 1 rings (SSSR count). The lowest BCUT2D eigenvalue weighted by Crippen LogP contribution is -2.56. The number of carboxylic acid groups (broad SMARTS) is 1. The maximum atomic E-state index is 12.3. The van der Waals surface area contributed by atoms with Crippen molar-refractivity contribution in [3.05, 3.63) is 0 Å². The molecule has 1 atom stereocenters. The third-order valence-corrected chi connectivity index (χ3v) is 3.51. The van der Waals surface area contributed by atoms with E-state index < -0.39 is 12.0 Å². The Hall–Kier alpha value is -1.06. The summed E-state index contributed by atoms with van der Waals surface area (Å²) < 4.78 is 0. The third kappa shape index (κ3) is 3.47. The molecule has 0 bridgehead atoms. The second kappa shape index (κ2) is 4.90. The molecule has 1 saturated heterocycles. The van der Waals surface area contributed by atoms with Gasteiger partial charge in [-0.1, -0.05) is 34.6 Å². The van der Waals surface area contributed by atoms with Gasteiger partial charge in [-0.25, -0.2) is 4.79 Å². The molecular formula is C14H25NO3. The van der Waals surface area contributed by atoms with E-state index in [0.717, 1.165) is 12.8 Å². The SMILES string of the molecule is CC(C)(C)CC(=O)N1CCCC(C)(C)C1C(=O)O. The maximum Gasteiger partial charge on any atom is 0.326 e. The summed E-state index contributed by atoms with van der Waals surface area (Å²) in [6.07, 6.45) is 2.13. The molecule has 1 unspecified atom stereocenters. The van der Waals surface area contributed by atoms with E-state index in [1.54, 1.807) is 4.90 Å². The highest BCUT2D eigenvalue weighted by Gasteiger charge is 2.44. The molecule has 0 radical (unpaired) electrons. The topological polar surface area (TPSA) is 57.6 Å². The number of amides is 1. The molecule has 0 aromatic rings. The van der Waals surface area contributed by atoms with E-state index in [4.69, 9.17) is 0 Å². The van der Waals surface area contributed by atoms with Crippen molar-refractivity contribution in [3.8, 4) is 0 Å². The Bertz CT molecular complexity index is 341. The van der Waals surface area contributed by atoms with Crippen LogP contribution in [-0.4, -0.2) is 34.5 Å². The minimum absolute atomic E-state index is 0.0392. The van der Waals surface area contributed by atoms with Gasteiger partial charge in [0.05, 0.1) is 0 Å². The summed E-state index contributed by atoms with van der Waals surface area (Å²) in [6, 6.07) is -0.693. The molecule has 1 fully saturated rings. The van der Waals surface area contributed by atoms with Crippen LogP contribution >= 0.6 is 0 Å². The lowest BCUT2D eigenvalue weighted by atomic mass is 9.76. The average Bonchev–Trinajstić information content (AvgIpc) is 2.11. The van der Waals surface area contributed by atoms with Crippen molar-refractivity contribution in [1.82, 2.24) is 4.90 Å². The van der Waals surface area contributed by atoms with Gasteiger partial charge in [0, 0.05) is 13.0 Å². The molecule has 0 aromatic carbocycles. The highest BCUT2D eigenvalue weighted by atomic mass is 16.4. The molecule has 0 spiro atoms. The first-order chi connectivity index (χ1) is 8.04. The van der Waals surface area contributed by atoms with Gasteiger partial charge >= 0.3 is 5.97 Å². The van der Waals surface area contributed by atoms with Crippen LogP contribution < -0.4 is 0 Å². The molecule has 1 N–H and O–H groups in total. The van der Waals surface area contributed by atoms with Crippen molar-refractivity contribution in [2.24, 2.45) is 10.8 Å². The van der Waals surface area contributed by atoms with Crippen molar-refractivity contribution in [1.29, 1.82) is 0 Å². The zero-order valence-electron chi connectivity index (χ0n) is 12.1. The summed E-state index contributed by atoms with van der Waals surface area (Å²) in [6.45, 7) is 10.4. The number of carboxylic acids is 1. The number of nitrogens with zero attached hydrogens (tertiary/aromatic N) is 1. The van der Waals surface area contributed by atoms with Gasteiger partial charge in [0.1, 0.15) is 6.04 Å². The number of rotatable bonds is 2. The van der Waals surface area contributed by atoms with E-state index in [0.29, 0.717) is 13.0 Å². The normalized spacial score (nSPS) is 23.8. The van der Waals surface area contributed by atoms with Gasteiger partial charge in [-0.2, -0.15) is 0 Å². The van der Waals surface area contributed by atoms with Crippen molar-refractivity contribution >= 4 is 11.9 Å². The van der Waals surface area contributed by atoms with Gasteiger partial charge in [0.25, 0.3) is 0 Å². The van der Waals surface area contributed by atoms with Crippen molar-refractivity contribution in [3.63, 3.8) is 0 Å². The van der Waals surface area contributed by atoms with E-state index in [-0.39, 0.29) is 16.7 Å². The zero-order valence-corrected chi connectivity index (χ0v) is 12.1. The van der Waals surface area contributed by atoms with E-state index >= 15 is 0 Å². The van der Waals surface area contributed by atoms with Crippen LogP contribution in [0.15, 0.2) is 0 Å². The number of hydrogen-bond acceptors (Lipinski definition) is 2. The van der Waals surface area contributed by atoms with Crippen LogP contribution in [0.25, 0.3) is 0 Å². The fourth-order valence-electron chi connectivity index (χ4n) is 2.68. The van der Waals surface area contributed by atoms with Gasteiger partial charge in [-0.3, -0.25) is 4.79 Å².